The molecule has 0 amide bonds. The van der Waals surface area contributed by atoms with Gasteiger partial charge in [-0.2, -0.15) is 4.98 Å². The maximum absolute atomic E-state index is 11.4. The van der Waals surface area contributed by atoms with Crippen LogP contribution >= 0.6 is 11.6 Å². The second-order valence-electron chi connectivity index (χ2n) is 3.76. The molecular weight excluding hydrogens is 252 g/mol. The van der Waals surface area contributed by atoms with Crippen LogP contribution in [0.15, 0.2) is 41.3 Å². The SMILES string of the molecule is Cn1cc(Cl)c(C=C(O)c2ccccc2)nc1=O. The third-order valence-electron chi connectivity index (χ3n) is 2.41. The summed E-state index contributed by atoms with van der Waals surface area (Å²) < 4.78 is 1.28. The van der Waals surface area contributed by atoms with Crippen LogP contribution in [0, 0.1) is 0 Å². The summed E-state index contributed by atoms with van der Waals surface area (Å²) in [6.07, 6.45) is 2.83. The predicted octanol–water partition coefficient (Wildman–Crippen LogP) is 2.49. The van der Waals surface area contributed by atoms with E-state index in [2.05, 4.69) is 4.98 Å². The molecule has 0 aliphatic carbocycles. The van der Waals surface area contributed by atoms with Crippen molar-refractivity contribution in [2.75, 3.05) is 0 Å². The number of hydrogen-bond acceptors (Lipinski definition) is 3. The fraction of sp³-hybridized carbons (Fsp3) is 0.0769. The van der Waals surface area contributed by atoms with Gasteiger partial charge < -0.3 is 9.67 Å². The molecule has 1 heterocycles. The lowest BCUT2D eigenvalue weighted by atomic mass is 10.1. The minimum absolute atomic E-state index is 0.0123. The van der Waals surface area contributed by atoms with Crippen molar-refractivity contribution in [1.82, 2.24) is 9.55 Å². The Labute approximate surface area is 109 Å². The van der Waals surface area contributed by atoms with E-state index in [4.69, 9.17) is 11.6 Å². The highest BCUT2D eigenvalue weighted by Crippen LogP contribution is 2.18. The number of aryl methyl sites for hydroxylation is 1. The Morgan fingerprint density at radius 1 is 1.39 bits per heavy atom. The van der Waals surface area contributed by atoms with Gasteiger partial charge in [-0.1, -0.05) is 41.9 Å². The first-order valence-electron chi connectivity index (χ1n) is 5.27. The van der Waals surface area contributed by atoms with Gasteiger partial charge in [0.05, 0.1) is 10.7 Å². The molecule has 92 valence electrons. The highest BCUT2D eigenvalue weighted by Gasteiger charge is 2.05. The van der Waals surface area contributed by atoms with Gasteiger partial charge in [0.15, 0.2) is 0 Å². The third kappa shape index (κ3) is 2.60. The lowest BCUT2D eigenvalue weighted by molar-refractivity contribution is 0.515. The van der Waals surface area contributed by atoms with Crippen molar-refractivity contribution in [2.45, 2.75) is 0 Å². The smallest absolute Gasteiger partial charge is 0.347 e. The summed E-state index contributed by atoms with van der Waals surface area (Å²) in [6, 6.07) is 8.96. The van der Waals surface area contributed by atoms with E-state index in [1.807, 2.05) is 6.07 Å². The summed E-state index contributed by atoms with van der Waals surface area (Å²) in [7, 11) is 1.56. The fourth-order valence-corrected chi connectivity index (χ4v) is 1.69. The van der Waals surface area contributed by atoms with Crippen LogP contribution in [0.1, 0.15) is 11.3 Å². The van der Waals surface area contributed by atoms with Crippen LogP contribution in [0.4, 0.5) is 0 Å². The van der Waals surface area contributed by atoms with E-state index < -0.39 is 5.69 Å². The average molecular weight is 263 g/mol. The summed E-state index contributed by atoms with van der Waals surface area (Å²) in [5.74, 6) is 0.0123. The van der Waals surface area contributed by atoms with Gasteiger partial charge in [-0.05, 0) is 0 Å². The molecule has 0 saturated heterocycles. The molecule has 0 bridgehead atoms. The molecule has 2 aromatic rings. The number of halogens is 1. The minimum Gasteiger partial charge on any atom is -0.507 e. The van der Waals surface area contributed by atoms with Crippen LogP contribution in [0.3, 0.4) is 0 Å². The zero-order valence-corrected chi connectivity index (χ0v) is 10.4. The number of nitrogens with zero attached hydrogens (tertiary/aromatic N) is 2. The van der Waals surface area contributed by atoms with Crippen LogP contribution in [0.25, 0.3) is 11.8 Å². The number of rotatable bonds is 2. The molecule has 0 unspecified atom stereocenters. The molecule has 1 aromatic heterocycles. The van der Waals surface area contributed by atoms with Crippen molar-refractivity contribution in [3.05, 3.63) is 63.3 Å². The van der Waals surface area contributed by atoms with Crippen molar-refractivity contribution in [3.8, 4) is 0 Å². The molecular formula is C13H11ClN2O2. The molecule has 2 rings (SSSR count). The van der Waals surface area contributed by atoms with Gasteiger partial charge in [0.25, 0.3) is 0 Å². The maximum Gasteiger partial charge on any atom is 0.347 e. The first kappa shape index (κ1) is 12.4. The zero-order chi connectivity index (χ0) is 13.1. The summed E-state index contributed by atoms with van der Waals surface area (Å²) in [5, 5.41) is 10.2. The quantitative estimate of drug-likeness (QED) is 0.846. The Bertz CT molecular complexity index is 648. The van der Waals surface area contributed by atoms with E-state index in [0.29, 0.717) is 10.6 Å². The van der Waals surface area contributed by atoms with Gasteiger partial charge >= 0.3 is 5.69 Å². The van der Waals surface area contributed by atoms with Crippen molar-refractivity contribution >= 4 is 23.4 Å². The van der Waals surface area contributed by atoms with Crippen LogP contribution in [-0.2, 0) is 7.05 Å². The molecule has 0 fully saturated rings. The minimum atomic E-state index is -0.425. The lowest BCUT2D eigenvalue weighted by Crippen LogP contribution is -2.20. The van der Waals surface area contributed by atoms with E-state index in [0.717, 1.165) is 0 Å². The van der Waals surface area contributed by atoms with Crippen LogP contribution in [0.2, 0.25) is 5.02 Å². The molecule has 18 heavy (non-hydrogen) atoms. The molecule has 0 aliphatic rings. The molecule has 0 radical (unpaired) electrons. The van der Waals surface area contributed by atoms with E-state index in [-0.39, 0.29) is 11.5 Å². The lowest BCUT2D eigenvalue weighted by Gasteiger charge is -2.02. The van der Waals surface area contributed by atoms with Gasteiger partial charge in [-0.25, -0.2) is 4.79 Å². The second-order valence-corrected chi connectivity index (χ2v) is 4.17. The summed E-state index contributed by atoms with van der Waals surface area (Å²) in [4.78, 5) is 15.2. The standard InChI is InChI=1S/C13H11ClN2O2/c1-16-8-10(14)11(15-13(16)18)7-12(17)9-5-3-2-4-6-9/h2-8,17H,1H3. The van der Waals surface area contributed by atoms with Gasteiger partial charge in [-0.3, -0.25) is 0 Å². The Balaban J connectivity index is 2.45. The topological polar surface area (TPSA) is 55.1 Å². The summed E-state index contributed by atoms with van der Waals surface area (Å²) in [5.41, 5.74) is 0.462. The second kappa shape index (κ2) is 5.06. The normalized spacial score (nSPS) is 11.6. The fourth-order valence-electron chi connectivity index (χ4n) is 1.45. The number of benzene rings is 1. The van der Waals surface area contributed by atoms with E-state index in [1.54, 1.807) is 31.3 Å². The predicted molar refractivity (Wildman–Crippen MR) is 71.4 cm³/mol. The highest BCUT2D eigenvalue weighted by atomic mass is 35.5. The highest BCUT2D eigenvalue weighted by molar-refractivity contribution is 6.31. The van der Waals surface area contributed by atoms with Crippen LogP contribution in [-0.4, -0.2) is 14.7 Å². The number of aliphatic hydroxyl groups is 1. The first-order chi connectivity index (χ1) is 8.58. The van der Waals surface area contributed by atoms with Crippen LogP contribution in [0.5, 0.6) is 0 Å². The number of aliphatic hydroxyl groups excluding tert-OH is 1. The molecule has 4 nitrogen and oxygen atoms in total. The summed E-state index contributed by atoms with van der Waals surface area (Å²) in [6.45, 7) is 0. The van der Waals surface area contributed by atoms with Gasteiger partial charge in [0.1, 0.15) is 5.76 Å². The Kier molecular flexibility index (Phi) is 3.48. The third-order valence-corrected chi connectivity index (χ3v) is 2.70. The molecule has 0 aliphatic heterocycles. The number of hydrogen-bond donors (Lipinski definition) is 1. The largest absolute Gasteiger partial charge is 0.507 e. The van der Waals surface area contributed by atoms with Gasteiger partial charge in [-0.15, -0.1) is 0 Å². The van der Waals surface area contributed by atoms with Crippen LogP contribution < -0.4 is 5.69 Å². The van der Waals surface area contributed by atoms with E-state index in [9.17, 15) is 9.90 Å². The first-order valence-corrected chi connectivity index (χ1v) is 5.65. The molecule has 0 saturated carbocycles. The zero-order valence-electron chi connectivity index (χ0n) is 9.67. The van der Waals surface area contributed by atoms with Gasteiger partial charge in [0, 0.05) is 24.9 Å². The molecule has 1 aromatic carbocycles. The average Bonchev–Trinajstić information content (AvgIpc) is 2.37. The Morgan fingerprint density at radius 2 is 2.06 bits per heavy atom. The van der Waals surface area contributed by atoms with Crippen molar-refractivity contribution < 1.29 is 5.11 Å². The van der Waals surface area contributed by atoms with Crippen molar-refractivity contribution in [2.24, 2.45) is 7.05 Å². The van der Waals surface area contributed by atoms with E-state index >= 15 is 0 Å². The monoisotopic (exact) mass is 262 g/mol. The van der Waals surface area contributed by atoms with Gasteiger partial charge in [0.2, 0.25) is 0 Å². The molecule has 1 N–H and O–H groups in total. The Hall–Kier alpha value is -2.07. The molecule has 0 atom stereocenters. The number of aromatic nitrogens is 2. The van der Waals surface area contributed by atoms with Crippen molar-refractivity contribution in [3.63, 3.8) is 0 Å². The molecule has 0 spiro atoms. The Morgan fingerprint density at radius 3 is 2.72 bits per heavy atom. The van der Waals surface area contributed by atoms with Crippen molar-refractivity contribution in [1.29, 1.82) is 0 Å². The van der Waals surface area contributed by atoms with E-state index in [1.165, 1.54) is 16.8 Å². The summed E-state index contributed by atoms with van der Waals surface area (Å²) >= 11 is 5.96. The maximum atomic E-state index is 11.4. The molecule has 5 heteroatoms.